The maximum atomic E-state index is 13.0. The Bertz CT molecular complexity index is 701. The highest BCUT2D eigenvalue weighted by atomic mass is 16.5. The number of nitrogens with zero attached hydrogens (tertiary/aromatic N) is 3. The fourth-order valence-corrected chi connectivity index (χ4v) is 2.98. The summed E-state index contributed by atoms with van der Waals surface area (Å²) in [6.45, 7) is 7.74. The zero-order valence-corrected chi connectivity index (χ0v) is 13.5. The number of aryl methyl sites for hydroxylation is 1. The molecular weight excluding hydrogens is 280 g/mol. The largest absolute Gasteiger partial charge is 0.337 e. The van der Waals surface area contributed by atoms with Crippen LogP contribution < -0.4 is 5.32 Å². The van der Waals surface area contributed by atoms with Gasteiger partial charge in [0, 0.05) is 25.3 Å². The van der Waals surface area contributed by atoms with Crippen molar-refractivity contribution in [3.05, 3.63) is 23.0 Å². The molecule has 22 heavy (non-hydrogen) atoms. The summed E-state index contributed by atoms with van der Waals surface area (Å²) in [7, 11) is 1.87. The molecule has 1 amide bonds. The van der Waals surface area contributed by atoms with E-state index in [9.17, 15) is 4.79 Å². The first kappa shape index (κ1) is 15.0. The molecule has 1 aliphatic rings. The first-order valence-electron chi connectivity index (χ1n) is 7.73. The number of hydrogen-bond donors (Lipinski definition) is 1. The van der Waals surface area contributed by atoms with Crippen molar-refractivity contribution in [3.8, 4) is 0 Å². The number of carbonyl (C=O) groups is 1. The van der Waals surface area contributed by atoms with Crippen molar-refractivity contribution >= 4 is 17.0 Å². The van der Waals surface area contributed by atoms with Crippen molar-refractivity contribution < 1.29 is 9.32 Å². The van der Waals surface area contributed by atoms with Crippen LogP contribution >= 0.6 is 0 Å². The molecule has 0 bridgehead atoms. The molecule has 118 valence electrons. The number of carbonyl (C=O) groups excluding carboxylic acids is 1. The van der Waals surface area contributed by atoms with Crippen LogP contribution in [-0.4, -0.2) is 47.1 Å². The number of pyridine rings is 1. The third kappa shape index (κ3) is 2.47. The molecule has 6 heteroatoms. The van der Waals surface area contributed by atoms with Crippen LogP contribution in [0.3, 0.4) is 0 Å². The Labute approximate surface area is 129 Å². The summed E-state index contributed by atoms with van der Waals surface area (Å²) in [5, 5.41) is 8.16. The molecule has 1 aliphatic heterocycles. The van der Waals surface area contributed by atoms with Crippen molar-refractivity contribution in [1.29, 1.82) is 0 Å². The molecule has 0 aromatic carbocycles. The minimum atomic E-state index is 0.00861. The molecule has 1 atom stereocenters. The van der Waals surface area contributed by atoms with E-state index in [4.69, 9.17) is 4.52 Å². The fourth-order valence-electron chi connectivity index (χ4n) is 2.98. The number of rotatable bonds is 3. The van der Waals surface area contributed by atoms with Gasteiger partial charge in [-0.25, -0.2) is 4.98 Å². The summed E-state index contributed by atoms with van der Waals surface area (Å²) in [6, 6.07) is 2.07. The first-order chi connectivity index (χ1) is 10.5. The molecular formula is C16H22N4O2. The van der Waals surface area contributed by atoms with Crippen molar-refractivity contribution in [2.24, 2.45) is 0 Å². The summed E-state index contributed by atoms with van der Waals surface area (Å²) in [6.07, 6.45) is 0.982. The van der Waals surface area contributed by atoms with Gasteiger partial charge < -0.3 is 14.7 Å². The van der Waals surface area contributed by atoms with Gasteiger partial charge in [-0.1, -0.05) is 19.0 Å². The second-order valence-electron chi connectivity index (χ2n) is 6.28. The molecule has 2 aromatic heterocycles. The van der Waals surface area contributed by atoms with E-state index in [2.05, 4.69) is 15.5 Å². The molecule has 1 saturated heterocycles. The lowest BCUT2D eigenvalue weighted by atomic mass is 10.0. The Morgan fingerprint density at radius 3 is 2.91 bits per heavy atom. The molecule has 0 spiro atoms. The number of fused-ring (bicyclic) bond motifs is 1. The van der Waals surface area contributed by atoms with E-state index in [1.54, 1.807) is 0 Å². The minimum absolute atomic E-state index is 0.00861. The van der Waals surface area contributed by atoms with E-state index in [-0.39, 0.29) is 17.9 Å². The van der Waals surface area contributed by atoms with Crippen LogP contribution in [0.5, 0.6) is 0 Å². The smallest absolute Gasteiger partial charge is 0.259 e. The van der Waals surface area contributed by atoms with Crippen LogP contribution in [0.1, 0.15) is 47.9 Å². The standard InChI is InChI=1S/C16H22N4O2/c1-9(2)14-13-12(7-10(3)18-15(13)22-19-14)16(21)20(4)11-5-6-17-8-11/h7,9,11,17H,5-6,8H2,1-4H3. The van der Waals surface area contributed by atoms with Crippen molar-refractivity contribution in [2.75, 3.05) is 20.1 Å². The third-order valence-electron chi connectivity index (χ3n) is 4.28. The molecule has 2 aromatic rings. The van der Waals surface area contributed by atoms with Gasteiger partial charge in [-0.3, -0.25) is 4.79 Å². The predicted molar refractivity (Wildman–Crippen MR) is 84.0 cm³/mol. The highest BCUT2D eigenvalue weighted by Crippen LogP contribution is 2.28. The monoisotopic (exact) mass is 302 g/mol. The summed E-state index contributed by atoms with van der Waals surface area (Å²) in [5.74, 6) is 0.185. The molecule has 0 saturated carbocycles. The summed E-state index contributed by atoms with van der Waals surface area (Å²) in [5.41, 5.74) is 2.65. The van der Waals surface area contributed by atoms with Gasteiger partial charge >= 0.3 is 0 Å². The van der Waals surface area contributed by atoms with E-state index >= 15 is 0 Å². The average Bonchev–Trinajstić information content (AvgIpc) is 3.13. The predicted octanol–water partition coefficient (Wildman–Crippen LogP) is 2.09. The fraction of sp³-hybridized carbons (Fsp3) is 0.562. The van der Waals surface area contributed by atoms with E-state index in [1.165, 1.54) is 0 Å². The lowest BCUT2D eigenvalue weighted by Gasteiger charge is -2.24. The van der Waals surface area contributed by atoms with Crippen molar-refractivity contribution in [2.45, 2.75) is 39.2 Å². The number of nitrogens with one attached hydrogen (secondary N) is 1. The highest BCUT2D eigenvalue weighted by molar-refractivity contribution is 6.06. The van der Waals surface area contributed by atoms with Crippen LogP contribution in [0.4, 0.5) is 0 Å². The van der Waals surface area contributed by atoms with Crippen LogP contribution in [0.25, 0.3) is 11.1 Å². The summed E-state index contributed by atoms with van der Waals surface area (Å²) >= 11 is 0. The lowest BCUT2D eigenvalue weighted by Crippen LogP contribution is -2.38. The SMILES string of the molecule is Cc1cc(C(=O)N(C)C2CCNC2)c2c(C(C)C)noc2n1. The zero-order valence-electron chi connectivity index (χ0n) is 13.5. The Hall–Kier alpha value is -1.95. The van der Waals surface area contributed by atoms with Gasteiger partial charge in [-0.2, -0.15) is 0 Å². The van der Waals surface area contributed by atoms with E-state index in [0.717, 1.165) is 36.3 Å². The molecule has 0 aliphatic carbocycles. The molecule has 0 radical (unpaired) electrons. The van der Waals surface area contributed by atoms with Gasteiger partial charge in [0.1, 0.15) is 0 Å². The van der Waals surface area contributed by atoms with Gasteiger partial charge in [0.2, 0.25) is 0 Å². The number of hydrogen-bond acceptors (Lipinski definition) is 5. The van der Waals surface area contributed by atoms with Gasteiger partial charge in [0.05, 0.1) is 16.6 Å². The Kier molecular flexibility index (Phi) is 3.87. The molecule has 3 rings (SSSR count). The quantitative estimate of drug-likeness (QED) is 0.940. The number of likely N-dealkylation sites (N-methyl/N-ethyl adjacent to an activating group) is 1. The van der Waals surface area contributed by atoms with Crippen LogP contribution in [0.2, 0.25) is 0 Å². The molecule has 1 unspecified atom stereocenters. The number of aromatic nitrogens is 2. The average molecular weight is 302 g/mol. The van der Waals surface area contributed by atoms with Gasteiger partial charge in [-0.15, -0.1) is 0 Å². The van der Waals surface area contributed by atoms with Gasteiger partial charge in [0.15, 0.2) is 0 Å². The van der Waals surface area contributed by atoms with Crippen LogP contribution in [0, 0.1) is 6.92 Å². The Morgan fingerprint density at radius 1 is 1.50 bits per heavy atom. The normalized spacial score (nSPS) is 18.3. The van der Waals surface area contributed by atoms with Gasteiger partial charge in [-0.05, 0) is 31.9 Å². The number of amides is 1. The van der Waals surface area contributed by atoms with Crippen molar-refractivity contribution in [3.63, 3.8) is 0 Å². The lowest BCUT2D eigenvalue weighted by molar-refractivity contribution is 0.0745. The summed E-state index contributed by atoms with van der Waals surface area (Å²) < 4.78 is 5.34. The zero-order chi connectivity index (χ0) is 15.9. The molecule has 3 heterocycles. The second-order valence-corrected chi connectivity index (χ2v) is 6.28. The second kappa shape index (κ2) is 5.68. The first-order valence-corrected chi connectivity index (χ1v) is 7.73. The molecule has 1 fully saturated rings. The Morgan fingerprint density at radius 2 is 2.27 bits per heavy atom. The Balaban J connectivity index is 2.08. The molecule has 1 N–H and O–H groups in total. The van der Waals surface area contributed by atoms with E-state index < -0.39 is 0 Å². The van der Waals surface area contributed by atoms with E-state index in [0.29, 0.717) is 11.3 Å². The minimum Gasteiger partial charge on any atom is -0.337 e. The third-order valence-corrected chi connectivity index (χ3v) is 4.28. The van der Waals surface area contributed by atoms with Gasteiger partial charge in [0.25, 0.3) is 11.6 Å². The topological polar surface area (TPSA) is 71.3 Å². The maximum absolute atomic E-state index is 13.0. The van der Waals surface area contributed by atoms with E-state index in [1.807, 2.05) is 38.8 Å². The summed E-state index contributed by atoms with van der Waals surface area (Å²) in [4.78, 5) is 19.2. The maximum Gasteiger partial charge on any atom is 0.259 e. The van der Waals surface area contributed by atoms with Crippen molar-refractivity contribution in [1.82, 2.24) is 20.4 Å². The highest BCUT2D eigenvalue weighted by Gasteiger charge is 2.28. The van der Waals surface area contributed by atoms with Crippen LogP contribution in [0.15, 0.2) is 10.6 Å². The molecule has 6 nitrogen and oxygen atoms in total. The van der Waals surface area contributed by atoms with Crippen LogP contribution in [-0.2, 0) is 0 Å².